The van der Waals surface area contributed by atoms with Crippen LogP contribution in [0.5, 0.6) is 0 Å². The highest BCUT2D eigenvalue weighted by molar-refractivity contribution is 5.96. The van der Waals surface area contributed by atoms with Crippen LogP contribution in [-0.4, -0.2) is 45.5 Å². The molecule has 26 heavy (non-hydrogen) atoms. The molecule has 1 unspecified atom stereocenters. The van der Waals surface area contributed by atoms with E-state index < -0.39 is 34.4 Å². The summed E-state index contributed by atoms with van der Waals surface area (Å²) in [6, 6.07) is 6.91. The molecule has 0 radical (unpaired) electrons. The number of hydrogen-bond acceptors (Lipinski definition) is 5. The number of hydrogen-bond donors (Lipinski definition) is 2. The first-order valence-electron chi connectivity index (χ1n) is 7.83. The average molecular weight is 361 g/mol. The van der Waals surface area contributed by atoms with E-state index in [2.05, 4.69) is 10.4 Å². The number of carbonyl (C=O) groups excluding carboxylic acids is 1. The first kappa shape index (κ1) is 17.7. The van der Waals surface area contributed by atoms with Gasteiger partial charge < -0.3 is 15.2 Å². The van der Waals surface area contributed by atoms with Crippen LogP contribution in [0.2, 0.25) is 0 Å². The third kappa shape index (κ3) is 3.08. The van der Waals surface area contributed by atoms with Crippen molar-refractivity contribution >= 4 is 11.9 Å². The van der Waals surface area contributed by atoms with Gasteiger partial charge >= 0.3 is 5.97 Å². The third-order valence-electron chi connectivity index (χ3n) is 4.19. The first-order chi connectivity index (χ1) is 12.3. The van der Waals surface area contributed by atoms with Crippen LogP contribution in [0.4, 0.5) is 4.39 Å². The number of nitrogens with one attached hydrogen (secondary N) is 1. The summed E-state index contributed by atoms with van der Waals surface area (Å²) in [6.45, 7) is 1.51. The number of amides is 1. The number of aliphatic carboxylic acids is 1. The largest absolute Gasteiger partial charge is 0.479 e. The SMILES string of the molecule is Cc1cc(=O)c(C(=O)NC2(C(=O)O)CCOC2)nn1-c1ccccc1F. The van der Waals surface area contributed by atoms with E-state index in [1.807, 2.05) is 0 Å². The predicted molar refractivity (Wildman–Crippen MR) is 87.8 cm³/mol. The lowest BCUT2D eigenvalue weighted by Gasteiger charge is -2.23. The lowest BCUT2D eigenvalue weighted by molar-refractivity contribution is -0.144. The Morgan fingerprint density at radius 1 is 1.38 bits per heavy atom. The van der Waals surface area contributed by atoms with Gasteiger partial charge in [-0.1, -0.05) is 12.1 Å². The summed E-state index contributed by atoms with van der Waals surface area (Å²) < 4.78 is 20.2. The molecular weight excluding hydrogens is 345 g/mol. The van der Waals surface area contributed by atoms with E-state index in [0.29, 0.717) is 5.69 Å². The number of rotatable bonds is 4. The fourth-order valence-electron chi connectivity index (χ4n) is 2.73. The molecule has 8 nitrogen and oxygen atoms in total. The maximum Gasteiger partial charge on any atom is 0.331 e. The fraction of sp³-hybridized carbons (Fsp3) is 0.294. The topological polar surface area (TPSA) is 111 Å². The quantitative estimate of drug-likeness (QED) is 0.827. The highest BCUT2D eigenvalue weighted by atomic mass is 19.1. The molecule has 1 aliphatic heterocycles. The minimum Gasteiger partial charge on any atom is -0.479 e. The molecule has 0 saturated carbocycles. The normalized spacial score (nSPS) is 19.3. The smallest absolute Gasteiger partial charge is 0.331 e. The molecule has 1 aromatic heterocycles. The molecule has 136 valence electrons. The van der Waals surface area contributed by atoms with E-state index in [0.717, 1.165) is 10.7 Å². The Labute approximate surface area is 147 Å². The summed E-state index contributed by atoms with van der Waals surface area (Å²) in [5.41, 5.74) is -2.43. The van der Waals surface area contributed by atoms with E-state index in [1.165, 1.54) is 18.2 Å². The zero-order chi connectivity index (χ0) is 18.9. The lowest BCUT2D eigenvalue weighted by atomic mass is 9.99. The van der Waals surface area contributed by atoms with Crippen molar-refractivity contribution in [3.8, 4) is 5.69 Å². The van der Waals surface area contributed by atoms with Crippen molar-refractivity contribution < 1.29 is 23.8 Å². The summed E-state index contributed by atoms with van der Waals surface area (Å²) in [6.07, 6.45) is 0.0709. The van der Waals surface area contributed by atoms with Crippen molar-refractivity contribution in [2.45, 2.75) is 18.9 Å². The molecule has 1 fully saturated rings. The Hall–Kier alpha value is -3.07. The number of halogens is 1. The predicted octanol–water partition coefficient (Wildman–Crippen LogP) is 0.654. The number of carboxylic acid groups (broad SMARTS) is 1. The van der Waals surface area contributed by atoms with Gasteiger partial charge in [0, 0.05) is 24.8 Å². The van der Waals surface area contributed by atoms with E-state index in [4.69, 9.17) is 4.74 Å². The van der Waals surface area contributed by atoms with Gasteiger partial charge in [-0.2, -0.15) is 5.10 Å². The maximum absolute atomic E-state index is 14.0. The van der Waals surface area contributed by atoms with Crippen molar-refractivity contribution in [2.24, 2.45) is 0 Å². The second-order valence-corrected chi connectivity index (χ2v) is 6.01. The monoisotopic (exact) mass is 361 g/mol. The van der Waals surface area contributed by atoms with Gasteiger partial charge in [-0.25, -0.2) is 13.9 Å². The van der Waals surface area contributed by atoms with Crippen LogP contribution < -0.4 is 10.7 Å². The lowest BCUT2D eigenvalue weighted by Crippen LogP contribution is -2.56. The molecule has 1 amide bonds. The number of aromatic nitrogens is 2. The fourth-order valence-corrected chi connectivity index (χ4v) is 2.73. The maximum atomic E-state index is 14.0. The summed E-state index contributed by atoms with van der Waals surface area (Å²) in [7, 11) is 0. The minimum atomic E-state index is -1.61. The second-order valence-electron chi connectivity index (χ2n) is 6.01. The summed E-state index contributed by atoms with van der Waals surface area (Å²) in [5.74, 6) is -2.79. The third-order valence-corrected chi connectivity index (χ3v) is 4.19. The molecule has 1 aliphatic rings. The summed E-state index contributed by atoms with van der Waals surface area (Å²) in [4.78, 5) is 36.2. The van der Waals surface area contributed by atoms with Crippen LogP contribution in [0.3, 0.4) is 0 Å². The standard InChI is InChI=1S/C17H16FN3O5/c1-10-8-13(22)14(20-21(10)12-5-3-2-4-11(12)18)15(23)19-17(16(24)25)6-7-26-9-17/h2-5,8H,6-7,9H2,1H3,(H,19,23)(H,24,25). The minimum absolute atomic E-state index is 0.0659. The van der Waals surface area contributed by atoms with Gasteiger partial charge in [0.1, 0.15) is 11.5 Å². The molecule has 0 bridgehead atoms. The Morgan fingerprint density at radius 3 is 2.73 bits per heavy atom. The zero-order valence-corrected chi connectivity index (χ0v) is 13.9. The van der Waals surface area contributed by atoms with Crippen molar-refractivity contribution in [1.82, 2.24) is 15.1 Å². The van der Waals surface area contributed by atoms with Crippen LogP contribution in [0.25, 0.3) is 5.69 Å². The van der Waals surface area contributed by atoms with Crippen molar-refractivity contribution in [3.05, 3.63) is 57.8 Å². The van der Waals surface area contributed by atoms with Crippen LogP contribution in [0.1, 0.15) is 22.6 Å². The van der Waals surface area contributed by atoms with Gasteiger partial charge in [0.25, 0.3) is 5.91 Å². The van der Waals surface area contributed by atoms with E-state index in [9.17, 15) is 23.9 Å². The first-order valence-corrected chi connectivity index (χ1v) is 7.83. The van der Waals surface area contributed by atoms with Gasteiger partial charge in [0.05, 0.1) is 6.61 Å². The molecule has 2 heterocycles. The molecule has 1 saturated heterocycles. The number of carboxylic acids is 1. The number of aryl methyl sites for hydroxylation is 1. The average Bonchev–Trinajstić information content (AvgIpc) is 3.05. The molecule has 1 atom stereocenters. The van der Waals surface area contributed by atoms with E-state index in [1.54, 1.807) is 13.0 Å². The highest BCUT2D eigenvalue weighted by Gasteiger charge is 2.44. The van der Waals surface area contributed by atoms with Crippen LogP contribution >= 0.6 is 0 Å². The van der Waals surface area contributed by atoms with Gasteiger partial charge in [0.15, 0.2) is 11.2 Å². The highest BCUT2D eigenvalue weighted by Crippen LogP contribution is 2.19. The Bertz CT molecular complexity index is 934. The molecule has 1 aromatic carbocycles. The number of ether oxygens (including phenoxy) is 1. The second kappa shape index (κ2) is 6.68. The van der Waals surface area contributed by atoms with Crippen molar-refractivity contribution in [2.75, 3.05) is 13.2 Å². The van der Waals surface area contributed by atoms with Gasteiger partial charge in [-0.05, 0) is 19.1 Å². The van der Waals surface area contributed by atoms with E-state index in [-0.39, 0.29) is 25.3 Å². The number of carbonyl (C=O) groups is 2. The Morgan fingerprint density at radius 2 is 2.12 bits per heavy atom. The number of nitrogens with zero attached hydrogens (tertiary/aromatic N) is 2. The van der Waals surface area contributed by atoms with Crippen LogP contribution in [-0.2, 0) is 9.53 Å². The van der Waals surface area contributed by atoms with Gasteiger partial charge in [0.2, 0.25) is 5.43 Å². The molecule has 9 heteroatoms. The molecular formula is C17H16FN3O5. The molecule has 3 rings (SSSR count). The zero-order valence-electron chi connectivity index (χ0n) is 13.9. The van der Waals surface area contributed by atoms with Gasteiger partial charge in [-0.3, -0.25) is 9.59 Å². The molecule has 2 N–H and O–H groups in total. The Kier molecular flexibility index (Phi) is 4.56. The van der Waals surface area contributed by atoms with Gasteiger partial charge in [-0.15, -0.1) is 0 Å². The Balaban J connectivity index is 2.02. The van der Waals surface area contributed by atoms with Crippen molar-refractivity contribution in [3.63, 3.8) is 0 Å². The van der Waals surface area contributed by atoms with Crippen LogP contribution in [0.15, 0.2) is 35.1 Å². The number of benzene rings is 1. The van der Waals surface area contributed by atoms with E-state index >= 15 is 0 Å². The molecule has 0 spiro atoms. The summed E-state index contributed by atoms with van der Waals surface area (Å²) in [5, 5.41) is 15.7. The van der Waals surface area contributed by atoms with Crippen LogP contribution in [0, 0.1) is 12.7 Å². The van der Waals surface area contributed by atoms with Crippen molar-refractivity contribution in [1.29, 1.82) is 0 Å². The molecule has 0 aliphatic carbocycles. The number of para-hydroxylation sites is 1. The summed E-state index contributed by atoms with van der Waals surface area (Å²) >= 11 is 0. The molecule has 2 aromatic rings.